The Morgan fingerprint density at radius 2 is 1.13 bits per heavy atom. The van der Waals surface area contributed by atoms with Gasteiger partial charge < -0.3 is 9.84 Å². The smallest absolute Gasteiger partial charge is 0.345 e. The van der Waals surface area contributed by atoms with Gasteiger partial charge in [0.15, 0.2) is 0 Å². The molecule has 4 nitrogen and oxygen atoms in total. The molecule has 0 amide bonds. The summed E-state index contributed by atoms with van der Waals surface area (Å²) in [6.07, 6.45) is 0. The van der Waals surface area contributed by atoms with Crippen molar-refractivity contribution in [3.05, 3.63) is 114 Å². The van der Waals surface area contributed by atoms with E-state index in [2.05, 4.69) is 0 Å². The number of aromatic carboxylic acids is 1. The molecule has 0 unspecified atom stereocenters. The van der Waals surface area contributed by atoms with Crippen molar-refractivity contribution in [2.24, 2.45) is 0 Å². The third kappa shape index (κ3) is 3.84. The lowest BCUT2D eigenvalue weighted by Crippen LogP contribution is -2.16. The maximum absolute atomic E-state index is 13.2. The average molecular weight is 394 g/mol. The molecule has 4 heteroatoms. The Bertz CT molecular complexity index is 1200. The van der Waals surface area contributed by atoms with Gasteiger partial charge in [0.2, 0.25) is 0 Å². The molecule has 0 bridgehead atoms. The molecule has 0 radical (unpaired) electrons. The van der Waals surface area contributed by atoms with Crippen molar-refractivity contribution in [2.45, 2.75) is 0 Å². The molecule has 0 heterocycles. The van der Waals surface area contributed by atoms with Crippen LogP contribution in [0.2, 0.25) is 0 Å². The minimum Gasteiger partial charge on any atom is -0.478 e. The first kappa shape index (κ1) is 19.2. The van der Waals surface area contributed by atoms with Gasteiger partial charge >= 0.3 is 11.9 Å². The molecule has 0 fully saturated rings. The number of hydrogen-bond donors (Lipinski definition) is 1. The van der Waals surface area contributed by atoms with Gasteiger partial charge in [0.05, 0.1) is 11.1 Å². The van der Waals surface area contributed by atoms with Crippen molar-refractivity contribution in [3.8, 4) is 28.0 Å². The van der Waals surface area contributed by atoms with Crippen LogP contribution in [0.15, 0.2) is 103 Å². The van der Waals surface area contributed by atoms with Gasteiger partial charge in [-0.25, -0.2) is 9.59 Å². The molecular weight excluding hydrogens is 376 g/mol. The zero-order chi connectivity index (χ0) is 20.9. The monoisotopic (exact) mass is 394 g/mol. The second-order valence-electron chi connectivity index (χ2n) is 6.65. The maximum Gasteiger partial charge on any atom is 0.345 e. The average Bonchev–Trinajstić information content (AvgIpc) is 2.80. The Morgan fingerprint density at radius 3 is 1.77 bits per heavy atom. The molecule has 4 aromatic carbocycles. The summed E-state index contributed by atoms with van der Waals surface area (Å²) in [5.41, 5.74) is 2.83. The van der Waals surface area contributed by atoms with E-state index in [4.69, 9.17) is 4.74 Å². The highest BCUT2D eigenvalue weighted by molar-refractivity contribution is 6.08. The van der Waals surface area contributed by atoms with E-state index in [1.54, 1.807) is 24.3 Å². The van der Waals surface area contributed by atoms with E-state index in [9.17, 15) is 14.7 Å². The van der Waals surface area contributed by atoms with Crippen molar-refractivity contribution in [3.63, 3.8) is 0 Å². The summed E-state index contributed by atoms with van der Waals surface area (Å²) >= 11 is 0. The van der Waals surface area contributed by atoms with E-state index >= 15 is 0 Å². The van der Waals surface area contributed by atoms with Gasteiger partial charge in [0, 0.05) is 5.56 Å². The second-order valence-corrected chi connectivity index (χ2v) is 6.65. The summed E-state index contributed by atoms with van der Waals surface area (Å²) in [6, 6.07) is 30.7. The Balaban J connectivity index is 1.80. The van der Waals surface area contributed by atoms with Crippen molar-refractivity contribution in [2.75, 3.05) is 0 Å². The van der Waals surface area contributed by atoms with Crippen molar-refractivity contribution >= 4 is 11.9 Å². The minimum absolute atomic E-state index is 0.0269. The third-order valence-electron chi connectivity index (χ3n) is 4.76. The fraction of sp³-hybridized carbons (Fsp3) is 0. The van der Waals surface area contributed by atoms with Crippen LogP contribution >= 0.6 is 0 Å². The highest BCUT2D eigenvalue weighted by Crippen LogP contribution is 2.32. The Hall–Kier alpha value is -4.18. The summed E-state index contributed by atoms with van der Waals surface area (Å²) in [5.74, 6) is -1.53. The van der Waals surface area contributed by atoms with Crippen molar-refractivity contribution < 1.29 is 19.4 Å². The minimum atomic E-state index is -1.18. The molecule has 4 rings (SSSR count). The molecular formula is C26H18O4. The van der Waals surface area contributed by atoms with Crippen LogP contribution in [0.5, 0.6) is 5.75 Å². The predicted molar refractivity (Wildman–Crippen MR) is 116 cm³/mol. The summed E-state index contributed by atoms with van der Waals surface area (Å²) in [7, 11) is 0. The Labute approximate surface area is 174 Å². The number of esters is 1. The van der Waals surface area contributed by atoms with Gasteiger partial charge in [-0.1, -0.05) is 91.0 Å². The van der Waals surface area contributed by atoms with Gasteiger partial charge in [-0.05, 0) is 28.8 Å². The second kappa shape index (κ2) is 8.45. The number of hydrogen-bond acceptors (Lipinski definition) is 3. The lowest BCUT2D eigenvalue weighted by atomic mass is 9.95. The standard InChI is InChI=1S/C26H18O4/c27-25(28)22-16-9-15-21(19-12-5-2-6-13-19)24(22)26(29)30-23-17-8-7-14-20(23)18-10-3-1-4-11-18/h1-17H,(H,27,28). The molecule has 30 heavy (non-hydrogen) atoms. The van der Waals surface area contributed by atoms with Gasteiger partial charge in [-0.15, -0.1) is 0 Å². The predicted octanol–water partition coefficient (Wildman–Crippen LogP) is 5.94. The highest BCUT2D eigenvalue weighted by atomic mass is 16.5. The zero-order valence-corrected chi connectivity index (χ0v) is 16.0. The molecule has 146 valence electrons. The SMILES string of the molecule is O=C(O)c1cccc(-c2ccccc2)c1C(=O)Oc1ccccc1-c1ccccc1. The highest BCUT2D eigenvalue weighted by Gasteiger charge is 2.24. The molecule has 4 aromatic rings. The molecule has 0 saturated carbocycles. The van der Waals surface area contributed by atoms with Gasteiger partial charge in [0.25, 0.3) is 0 Å². The molecule has 0 aliphatic rings. The first-order chi connectivity index (χ1) is 14.6. The molecule has 0 spiro atoms. The van der Waals surface area contributed by atoms with Crippen LogP contribution in [-0.2, 0) is 0 Å². The molecule has 0 aromatic heterocycles. The number of carbonyl (C=O) groups excluding carboxylic acids is 1. The Kier molecular flexibility index (Phi) is 5.39. The topological polar surface area (TPSA) is 63.6 Å². The first-order valence-electron chi connectivity index (χ1n) is 9.43. The van der Waals surface area contributed by atoms with Crippen LogP contribution in [0.4, 0.5) is 0 Å². The first-order valence-corrected chi connectivity index (χ1v) is 9.43. The number of ether oxygens (including phenoxy) is 1. The molecule has 0 aliphatic heterocycles. The van der Waals surface area contributed by atoms with E-state index in [1.807, 2.05) is 72.8 Å². The summed E-state index contributed by atoms with van der Waals surface area (Å²) in [6.45, 7) is 0. The maximum atomic E-state index is 13.2. The van der Waals surface area contributed by atoms with E-state index in [1.165, 1.54) is 6.07 Å². The lowest BCUT2D eigenvalue weighted by Gasteiger charge is -2.14. The van der Waals surface area contributed by atoms with Gasteiger partial charge in [-0.2, -0.15) is 0 Å². The lowest BCUT2D eigenvalue weighted by molar-refractivity contribution is 0.0668. The quantitative estimate of drug-likeness (QED) is 0.336. The number of carboxylic acid groups (broad SMARTS) is 1. The summed E-state index contributed by atoms with van der Waals surface area (Å²) in [5, 5.41) is 9.68. The van der Waals surface area contributed by atoms with Crippen LogP contribution in [0, 0.1) is 0 Å². The van der Waals surface area contributed by atoms with Crippen LogP contribution in [0.25, 0.3) is 22.3 Å². The normalized spacial score (nSPS) is 10.4. The molecule has 1 N–H and O–H groups in total. The van der Waals surface area contributed by atoms with Crippen molar-refractivity contribution in [1.29, 1.82) is 0 Å². The fourth-order valence-electron chi connectivity index (χ4n) is 3.37. The number of benzene rings is 4. The van der Waals surface area contributed by atoms with Crippen LogP contribution in [-0.4, -0.2) is 17.0 Å². The van der Waals surface area contributed by atoms with Gasteiger partial charge in [-0.3, -0.25) is 0 Å². The van der Waals surface area contributed by atoms with Crippen LogP contribution < -0.4 is 4.74 Å². The van der Waals surface area contributed by atoms with E-state index in [0.29, 0.717) is 11.3 Å². The number of rotatable bonds is 5. The number of carboxylic acids is 1. The molecule has 0 aliphatic carbocycles. The van der Waals surface area contributed by atoms with Crippen LogP contribution in [0.1, 0.15) is 20.7 Å². The number of para-hydroxylation sites is 1. The van der Waals surface area contributed by atoms with Gasteiger partial charge in [0.1, 0.15) is 5.75 Å². The fourth-order valence-corrected chi connectivity index (χ4v) is 3.37. The zero-order valence-electron chi connectivity index (χ0n) is 16.0. The largest absolute Gasteiger partial charge is 0.478 e. The van der Waals surface area contributed by atoms with Crippen molar-refractivity contribution in [1.82, 2.24) is 0 Å². The van der Waals surface area contributed by atoms with E-state index in [0.717, 1.165) is 16.7 Å². The molecule has 0 atom stereocenters. The number of carbonyl (C=O) groups is 2. The molecule has 0 saturated heterocycles. The summed E-state index contributed by atoms with van der Waals surface area (Å²) < 4.78 is 5.74. The van der Waals surface area contributed by atoms with E-state index < -0.39 is 11.9 Å². The van der Waals surface area contributed by atoms with Crippen LogP contribution in [0.3, 0.4) is 0 Å². The van der Waals surface area contributed by atoms with E-state index in [-0.39, 0.29) is 11.1 Å². The Morgan fingerprint density at radius 1 is 0.600 bits per heavy atom. The third-order valence-corrected chi connectivity index (χ3v) is 4.76. The summed E-state index contributed by atoms with van der Waals surface area (Å²) in [4.78, 5) is 25.1.